The molecule has 0 spiro atoms. The first-order chi connectivity index (χ1) is 9.25. The molecule has 0 bridgehead atoms. The maximum absolute atomic E-state index is 12.4. The number of nitrogens with one attached hydrogen (secondary N) is 1. The molecule has 0 unspecified atom stereocenters. The number of ketones is 1. The summed E-state index contributed by atoms with van der Waals surface area (Å²) in [6.07, 6.45) is 0. The second kappa shape index (κ2) is 4.73. The second-order valence-electron chi connectivity index (χ2n) is 5.35. The fraction of sp³-hybridized carbons (Fsp3) is 0.286. The van der Waals surface area contributed by atoms with Gasteiger partial charge in [-0.3, -0.25) is 20.3 Å². The van der Waals surface area contributed by atoms with Crippen molar-refractivity contribution in [2.45, 2.75) is 19.4 Å². The minimum atomic E-state index is -1.08. The van der Waals surface area contributed by atoms with E-state index in [2.05, 4.69) is 0 Å². The molecule has 0 aliphatic heterocycles. The van der Waals surface area contributed by atoms with Crippen molar-refractivity contribution in [1.82, 2.24) is 4.57 Å². The third-order valence-electron chi connectivity index (χ3n) is 3.21. The summed E-state index contributed by atoms with van der Waals surface area (Å²) < 4.78 is 1.44. The first-order valence-electron chi connectivity index (χ1n) is 6.13. The Morgan fingerprint density at radius 1 is 1.35 bits per heavy atom. The maximum Gasteiger partial charge on any atom is 0.251 e. The quantitative estimate of drug-likeness (QED) is 0.578. The number of benzene rings is 1. The fourth-order valence-electron chi connectivity index (χ4n) is 2.07. The van der Waals surface area contributed by atoms with Gasteiger partial charge in [-0.05, 0) is 32.0 Å². The summed E-state index contributed by atoms with van der Waals surface area (Å²) >= 11 is 0. The Kier molecular flexibility index (Phi) is 3.37. The van der Waals surface area contributed by atoms with Crippen LogP contribution in [0.1, 0.15) is 24.2 Å². The topological polar surface area (TPSA) is 97.4 Å². The van der Waals surface area contributed by atoms with Crippen molar-refractivity contribution in [3.63, 3.8) is 0 Å². The van der Waals surface area contributed by atoms with Crippen molar-refractivity contribution in [2.24, 2.45) is 12.8 Å². The lowest BCUT2D eigenvalue weighted by atomic mass is 9.92. The third kappa shape index (κ3) is 2.31. The molecule has 1 aromatic carbocycles. The minimum absolute atomic E-state index is 0.257. The number of rotatable bonds is 3. The highest BCUT2D eigenvalue weighted by Gasteiger charge is 2.26. The summed E-state index contributed by atoms with van der Waals surface area (Å²) in [6.45, 7) is 3.18. The molecule has 0 aliphatic carbocycles. The SMILES string of the molecule is Cn1c(=O)cc(C(=O)C(C)(C)N)c2cc(NO)ccc21. The van der Waals surface area contributed by atoms with Gasteiger partial charge in [0.25, 0.3) is 5.56 Å². The van der Waals surface area contributed by atoms with Gasteiger partial charge in [0, 0.05) is 24.1 Å². The molecule has 2 aromatic rings. The van der Waals surface area contributed by atoms with E-state index in [0.29, 0.717) is 16.6 Å². The number of nitrogens with two attached hydrogens (primary N) is 1. The van der Waals surface area contributed by atoms with Gasteiger partial charge in [0.1, 0.15) is 0 Å². The molecule has 106 valence electrons. The number of nitrogens with zero attached hydrogens (tertiary/aromatic N) is 1. The Labute approximate surface area is 115 Å². The Bertz CT molecular complexity index is 742. The molecule has 0 fully saturated rings. The first kappa shape index (κ1) is 14.2. The van der Waals surface area contributed by atoms with E-state index in [4.69, 9.17) is 10.9 Å². The van der Waals surface area contributed by atoms with Crippen LogP contribution in [0.15, 0.2) is 29.1 Å². The van der Waals surface area contributed by atoms with Crippen LogP contribution in [0.2, 0.25) is 0 Å². The van der Waals surface area contributed by atoms with Gasteiger partial charge in [-0.25, -0.2) is 0 Å². The van der Waals surface area contributed by atoms with Gasteiger partial charge in [0.15, 0.2) is 5.78 Å². The highest BCUT2D eigenvalue weighted by molar-refractivity contribution is 6.11. The summed E-state index contributed by atoms with van der Waals surface area (Å²) in [5, 5.41) is 9.55. The van der Waals surface area contributed by atoms with Crippen molar-refractivity contribution >= 4 is 22.4 Å². The molecular formula is C14H17N3O3. The summed E-state index contributed by atoms with van der Waals surface area (Å²) in [4.78, 5) is 24.3. The molecule has 6 nitrogen and oxygen atoms in total. The monoisotopic (exact) mass is 275 g/mol. The number of aromatic nitrogens is 1. The van der Waals surface area contributed by atoms with E-state index in [1.807, 2.05) is 5.48 Å². The number of hydrogen-bond donors (Lipinski definition) is 3. The lowest BCUT2D eigenvalue weighted by molar-refractivity contribution is 0.0915. The Balaban J connectivity index is 2.86. The van der Waals surface area contributed by atoms with Gasteiger partial charge in [-0.1, -0.05) is 0 Å². The van der Waals surface area contributed by atoms with Gasteiger partial charge in [0.2, 0.25) is 0 Å². The summed E-state index contributed by atoms with van der Waals surface area (Å²) in [5.74, 6) is -0.324. The first-order valence-corrected chi connectivity index (χ1v) is 6.13. The highest BCUT2D eigenvalue weighted by Crippen LogP contribution is 2.23. The van der Waals surface area contributed by atoms with Gasteiger partial charge in [-0.2, -0.15) is 0 Å². The number of Topliss-reactive ketones (excluding diaryl/α,β-unsaturated/α-hetero) is 1. The van der Waals surface area contributed by atoms with Crippen molar-refractivity contribution in [2.75, 3.05) is 5.48 Å². The molecule has 0 aliphatic rings. The maximum atomic E-state index is 12.4. The molecule has 20 heavy (non-hydrogen) atoms. The fourth-order valence-corrected chi connectivity index (χ4v) is 2.07. The van der Waals surface area contributed by atoms with Gasteiger partial charge in [-0.15, -0.1) is 0 Å². The van der Waals surface area contributed by atoms with Crippen LogP contribution < -0.4 is 16.8 Å². The van der Waals surface area contributed by atoms with Crippen LogP contribution in [0.5, 0.6) is 0 Å². The van der Waals surface area contributed by atoms with Gasteiger partial charge >= 0.3 is 0 Å². The zero-order chi connectivity index (χ0) is 15.1. The Morgan fingerprint density at radius 3 is 2.55 bits per heavy atom. The van der Waals surface area contributed by atoms with Crippen LogP contribution in [0, 0.1) is 0 Å². The second-order valence-corrected chi connectivity index (χ2v) is 5.35. The van der Waals surface area contributed by atoms with E-state index in [0.717, 1.165) is 0 Å². The van der Waals surface area contributed by atoms with Crippen LogP contribution in [-0.4, -0.2) is 21.1 Å². The molecule has 0 amide bonds. The van der Waals surface area contributed by atoms with Crippen LogP contribution in [0.3, 0.4) is 0 Å². The molecule has 1 aromatic heterocycles. The molecule has 2 rings (SSSR count). The smallest absolute Gasteiger partial charge is 0.251 e. The minimum Gasteiger partial charge on any atom is -0.319 e. The molecule has 4 N–H and O–H groups in total. The van der Waals surface area contributed by atoms with Crippen LogP contribution in [0.25, 0.3) is 10.9 Å². The van der Waals surface area contributed by atoms with Gasteiger partial charge < -0.3 is 10.3 Å². The molecule has 0 atom stereocenters. The zero-order valence-electron chi connectivity index (χ0n) is 11.6. The van der Waals surface area contributed by atoms with Crippen molar-refractivity contribution < 1.29 is 10.0 Å². The summed E-state index contributed by atoms with van der Waals surface area (Å²) in [5.41, 5.74) is 7.79. The number of aryl methyl sites for hydroxylation is 1. The number of pyridine rings is 1. The van der Waals surface area contributed by atoms with Gasteiger partial charge in [0.05, 0.1) is 16.7 Å². The summed E-state index contributed by atoms with van der Waals surface area (Å²) in [7, 11) is 1.62. The van der Waals surface area contributed by atoms with Crippen LogP contribution in [-0.2, 0) is 7.05 Å². The predicted octanol–water partition coefficient (Wildman–Crippen LogP) is 1.26. The number of carbonyl (C=O) groups excluding carboxylic acids is 1. The molecule has 0 saturated heterocycles. The Hall–Kier alpha value is -2.18. The number of hydrogen-bond acceptors (Lipinski definition) is 5. The van der Waals surface area contributed by atoms with E-state index >= 15 is 0 Å². The summed E-state index contributed by atoms with van der Waals surface area (Å²) in [6, 6.07) is 6.16. The largest absolute Gasteiger partial charge is 0.319 e. The third-order valence-corrected chi connectivity index (χ3v) is 3.21. The average Bonchev–Trinajstić information content (AvgIpc) is 2.40. The number of fused-ring (bicyclic) bond motifs is 1. The highest BCUT2D eigenvalue weighted by atomic mass is 16.5. The average molecular weight is 275 g/mol. The molecule has 1 heterocycles. The molecule has 0 saturated carbocycles. The van der Waals surface area contributed by atoms with E-state index in [9.17, 15) is 9.59 Å². The lowest BCUT2D eigenvalue weighted by Gasteiger charge is -2.19. The van der Waals surface area contributed by atoms with Crippen molar-refractivity contribution in [3.8, 4) is 0 Å². The number of anilines is 1. The van der Waals surface area contributed by atoms with Crippen molar-refractivity contribution in [1.29, 1.82) is 0 Å². The molecular weight excluding hydrogens is 258 g/mol. The van der Waals surface area contributed by atoms with E-state index in [-0.39, 0.29) is 16.9 Å². The lowest BCUT2D eigenvalue weighted by Crippen LogP contribution is -2.42. The normalized spacial score (nSPS) is 11.7. The van der Waals surface area contributed by atoms with Crippen LogP contribution >= 0.6 is 0 Å². The molecule has 0 radical (unpaired) electrons. The van der Waals surface area contributed by atoms with E-state index < -0.39 is 5.54 Å². The standard InChI is InChI=1S/C14H17N3O3/c1-14(2,15)13(19)10-7-12(18)17(3)11-5-4-8(16-20)6-9(10)11/h4-7,16,20H,15H2,1-3H3. The predicted molar refractivity (Wildman–Crippen MR) is 77.2 cm³/mol. The zero-order valence-corrected chi connectivity index (χ0v) is 11.6. The van der Waals surface area contributed by atoms with Crippen molar-refractivity contribution in [3.05, 3.63) is 40.2 Å². The van der Waals surface area contributed by atoms with Crippen LogP contribution in [0.4, 0.5) is 5.69 Å². The molecule has 6 heteroatoms. The van der Waals surface area contributed by atoms with E-state index in [1.165, 1.54) is 10.6 Å². The Morgan fingerprint density at radius 2 is 2.00 bits per heavy atom. The van der Waals surface area contributed by atoms with E-state index in [1.54, 1.807) is 39.1 Å². The number of carbonyl (C=O) groups is 1.